The van der Waals surface area contributed by atoms with E-state index < -0.39 is 17.4 Å². The molecule has 0 aromatic heterocycles. The van der Waals surface area contributed by atoms with Crippen LogP contribution in [0.15, 0.2) is 12.7 Å². The fraction of sp³-hybridized carbons (Fsp3) is 0.636. The van der Waals surface area contributed by atoms with Crippen molar-refractivity contribution in [2.45, 2.75) is 18.4 Å². The van der Waals surface area contributed by atoms with Gasteiger partial charge in [0.25, 0.3) is 0 Å². The molecule has 0 bridgehead atoms. The number of aliphatic hydroxyl groups is 1. The van der Waals surface area contributed by atoms with Crippen LogP contribution in [0.2, 0.25) is 0 Å². The second-order valence-electron chi connectivity index (χ2n) is 4.02. The van der Waals surface area contributed by atoms with Gasteiger partial charge in [-0.15, -0.1) is 6.58 Å². The van der Waals surface area contributed by atoms with Gasteiger partial charge < -0.3 is 20.5 Å². The average Bonchev–Trinajstić information content (AvgIpc) is 2.34. The van der Waals surface area contributed by atoms with Crippen molar-refractivity contribution < 1.29 is 19.4 Å². The largest absolute Gasteiger partial charge is 0.388 e. The first kappa shape index (κ1) is 13.7. The van der Waals surface area contributed by atoms with Gasteiger partial charge in [-0.2, -0.15) is 0 Å². The molecule has 0 aromatic carbocycles. The van der Waals surface area contributed by atoms with Gasteiger partial charge in [-0.05, 0) is 0 Å². The molecule has 0 spiro atoms. The molecule has 0 aliphatic carbocycles. The maximum Gasteiger partial charge on any atom is 0.309 e. The lowest BCUT2D eigenvalue weighted by Gasteiger charge is -2.31. The van der Waals surface area contributed by atoms with Crippen LogP contribution in [-0.2, 0) is 14.3 Å². The van der Waals surface area contributed by atoms with Gasteiger partial charge in [0.15, 0.2) is 0 Å². The topological polar surface area (TPSA) is 87.7 Å². The van der Waals surface area contributed by atoms with Gasteiger partial charge in [-0.1, -0.05) is 6.08 Å². The van der Waals surface area contributed by atoms with Crippen LogP contribution in [0.3, 0.4) is 0 Å². The normalized spacial score (nSPS) is 18.2. The maximum atomic E-state index is 11.3. The lowest BCUT2D eigenvalue weighted by atomic mass is 9.94. The number of rotatable bonds is 4. The summed E-state index contributed by atoms with van der Waals surface area (Å²) in [5.41, 5.74) is -0.966. The number of hydrogen-bond acceptors (Lipinski definition) is 4. The molecule has 6 heteroatoms. The van der Waals surface area contributed by atoms with E-state index in [1.807, 2.05) is 0 Å². The molecule has 6 nitrogen and oxygen atoms in total. The van der Waals surface area contributed by atoms with Crippen LogP contribution in [0.1, 0.15) is 12.8 Å². The van der Waals surface area contributed by atoms with E-state index in [2.05, 4.69) is 17.2 Å². The molecule has 0 radical (unpaired) electrons. The second kappa shape index (κ2) is 6.36. The molecule has 0 atom stereocenters. The summed E-state index contributed by atoms with van der Waals surface area (Å²) in [6, 6.07) is 0. The first-order valence-corrected chi connectivity index (χ1v) is 5.54. The minimum Gasteiger partial charge on any atom is -0.388 e. The number of carbonyl (C=O) groups excluding carboxylic acids is 2. The third kappa shape index (κ3) is 4.54. The summed E-state index contributed by atoms with van der Waals surface area (Å²) in [7, 11) is 0. The fourth-order valence-electron chi connectivity index (χ4n) is 1.50. The van der Waals surface area contributed by atoms with Crippen LogP contribution in [0, 0.1) is 0 Å². The van der Waals surface area contributed by atoms with Gasteiger partial charge in [-0.3, -0.25) is 9.59 Å². The minimum absolute atomic E-state index is 0.0662. The minimum atomic E-state index is -0.966. The summed E-state index contributed by atoms with van der Waals surface area (Å²) in [6.07, 6.45) is 2.40. The lowest BCUT2D eigenvalue weighted by Crippen LogP contribution is -2.49. The Morgan fingerprint density at radius 3 is 2.47 bits per heavy atom. The highest BCUT2D eigenvalue weighted by Gasteiger charge is 2.30. The zero-order valence-corrected chi connectivity index (χ0v) is 9.70. The summed E-state index contributed by atoms with van der Waals surface area (Å²) in [5, 5.41) is 14.8. The van der Waals surface area contributed by atoms with Gasteiger partial charge in [0.05, 0.1) is 5.60 Å². The predicted octanol–water partition coefficient (Wildman–Crippen LogP) is -1.05. The van der Waals surface area contributed by atoms with Crippen molar-refractivity contribution in [3.05, 3.63) is 12.7 Å². The average molecular weight is 242 g/mol. The number of hydrogen-bond donors (Lipinski definition) is 3. The quantitative estimate of drug-likeness (QED) is 0.433. The van der Waals surface area contributed by atoms with Gasteiger partial charge in [-0.25, -0.2) is 0 Å². The second-order valence-corrected chi connectivity index (χ2v) is 4.02. The van der Waals surface area contributed by atoms with E-state index in [0.717, 1.165) is 0 Å². The summed E-state index contributed by atoms with van der Waals surface area (Å²) < 4.78 is 5.11. The van der Waals surface area contributed by atoms with Gasteiger partial charge in [0.1, 0.15) is 0 Å². The Morgan fingerprint density at radius 2 is 1.88 bits per heavy atom. The van der Waals surface area contributed by atoms with E-state index in [9.17, 15) is 14.7 Å². The zero-order chi connectivity index (χ0) is 12.7. The Hall–Kier alpha value is -1.40. The summed E-state index contributed by atoms with van der Waals surface area (Å²) in [5.74, 6) is -1.47. The van der Waals surface area contributed by atoms with E-state index in [1.165, 1.54) is 6.08 Å². The zero-order valence-electron chi connectivity index (χ0n) is 9.70. The highest BCUT2D eigenvalue weighted by molar-refractivity contribution is 6.35. The molecule has 1 aliphatic heterocycles. The molecule has 17 heavy (non-hydrogen) atoms. The number of ether oxygens (including phenoxy) is 1. The van der Waals surface area contributed by atoms with E-state index in [1.54, 1.807) is 0 Å². The first-order chi connectivity index (χ1) is 8.07. The van der Waals surface area contributed by atoms with Crippen LogP contribution >= 0.6 is 0 Å². The molecule has 0 saturated carbocycles. The summed E-state index contributed by atoms with van der Waals surface area (Å²) >= 11 is 0. The molecular formula is C11H18N2O4. The van der Waals surface area contributed by atoms with Crippen molar-refractivity contribution in [2.75, 3.05) is 26.3 Å². The van der Waals surface area contributed by atoms with Crippen LogP contribution < -0.4 is 10.6 Å². The highest BCUT2D eigenvalue weighted by Crippen LogP contribution is 2.18. The third-order valence-corrected chi connectivity index (χ3v) is 2.61. The Labute approximate surface area is 100 Å². The molecule has 2 amide bonds. The van der Waals surface area contributed by atoms with Crippen molar-refractivity contribution in [1.29, 1.82) is 0 Å². The maximum absolute atomic E-state index is 11.3. The van der Waals surface area contributed by atoms with Crippen molar-refractivity contribution in [1.82, 2.24) is 10.6 Å². The van der Waals surface area contributed by atoms with Crippen molar-refractivity contribution >= 4 is 11.8 Å². The molecule has 1 heterocycles. The standard InChI is InChI=1S/C11H18N2O4/c1-2-5-12-9(14)10(15)13-8-11(16)3-6-17-7-4-11/h2,16H,1,3-8H2,(H,12,14)(H,13,15). The molecule has 0 unspecified atom stereocenters. The third-order valence-electron chi connectivity index (χ3n) is 2.61. The Kier molecular flexibility index (Phi) is 5.11. The molecule has 1 rings (SSSR count). The fourth-order valence-corrected chi connectivity index (χ4v) is 1.50. The molecule has 1 aliphatic rings. The molecular weight excluding hydrogens is 224 g/mol. The SMILES string of the molecule is C=CCNC(=O)C(=O)NCC1(O)CCOCC1. The molecule has 1 fully saturated rings. The van der Waals surface area contributed by atoms with E-state index >= 15 is 0 Å². The van der Waals surface area contributed by atoms with Crippen molar-refractivity contribution in [3.63, 3.8) is 0 Å². The first-order valence-electron chi connectivity index (χ1n) is 5.54. The Bertz CT molecular complexity index is 298. The van der Waals surface area contributed by atoms with Crippen molar-refractivity contribution in [3.8, 4) is 0 Å². The van der Waals surface area contributed by atoms with Crippen molar-refractivity contribution in [2.24, 2.45) is 0 Å². The van der Waals surface area contributed by atoms with E-state index in [0.29, 0.717) is 26.1 Å². The number of amides is 2. The van der Waals surface area contributed by atoms with Crippen LogP contribution in [-0.4, -0.2) is 48.8 Å². The number of nitrogens with one attached hydrogen (secondary N) is 2. The summed E-state index contributed by atoms with van der Waals surface area (Å²) in [6.45, 7) is 4.66. The smallest absolute Gasteiger partial charge is 0.309 e. The molecule has 3 N–H and O–H groups in total. The van der Waals surface area contributed by atoms with E-state index in [4.69, 9.17) is 4.74 Å². The Balaban J connectivity index is 2.31. The monoisotopic (exact) mass is 242 g/mol. The lowest BCUT2D eigenvalue weighted by molar-refractivity contribution is -0.140. The van der Waals surface area contributed by atoms with Crippen LogP contribution in [0.4, 0.5) is 0 Å². The predicted molar refractivity (Wildman–Crippen MR) is 61.2 cm³/mol. The molecule has 0 aromatic rings. The molecule has 1 saturated heterocycles. The Morgan fingerprint density at radius 1 is 1.29 bits per heavy atom. The van der Waals surface area contributed by atoms with Gasteiger partial charge in [0, 0.05) is 39.1 Å². The highest BCUT2D eigenvalue weighted by atomic mass is 16.5. The van der Waals surface area contributed by atoms with E-state index in [-0.39, 0.29) is 13.1 Å². The van der Waals surface area contributed by atoms with Crippen LogP contribution in [0.25, 0.3) is 0 Å². The van der Waals surface area contributed by atoms with Gasteiger partial charge >= 0.3 is 11.8 Å². The van der Waals surface area contributed by atoms with Crippen LogP contribution in [0.5, 0.6) is 0 Å². The molecule has 96 valence electrons. The van der Waals surface area contributed by atoms with Gasteiger partial charge in [0.2, 0.25) is 0 Å². The number of carbonyl (C=O) groups is 2. The summed E-state index contributed by atoms with van der Waals surface area (Å²) in [4.78, 5) is 22.5.